The number of hydrogen-bond acceptors (Lipinski definition) is 2. The van der Waals surface area contributed by atoms with Crippen LogP contribution in [0.2, 0.25) is 0 Å². The summed E-state index contributed by atoms with van der Waals surface area (Å²) >= 11 is 0. The fourth-order valence-corrected chi connectivity index (χ4v) is 2.00. The molecule has 0 aliphatic heterocycles. The fraction of sp³-hybridized carbons (Fsp3) is 0.455. The number of ether oxygens (including phenoxy) is 1. The van der Waals surface area contributed by atoms with Crippen molar-refractivity contribution in [2.75, 3.05) is 13.4 Å². The Morgan fingerprint density at radius 1 is 1.21 bits per heavy atom. The quantitative estimate of drug-likeness (QED) is 0.382. The maximum absolute atomic E-state index is 5.48. The lowest BCUT2D eigenvalue weighted by Gasteiger charge is -2.04. The molecule has 0 bridgehead atoms. The van der Waals surface area contributed by atoms with Gasteiger partial charge in [-0.05, 0) is 11.6 Å². The average Bonchev–Trinajstić information content (AvgIpc) is 2.25. The van der Waals surface area contributed by atoms with Crippen molar-refractivity contribution >= 4 is 14.9 Å². The van der Waals surface area contributed by atoms with Crippen molar-refractivity contribution in [1.29, 1.82) is 0 Å². The minimum atomic E-state index is -0.571. The van der Waals surface area contributed by atoms with E-state index < -0.39 is 9.76 Å². The first-order valence-electron chi connectivity index (χ1n) is 5.13. The van der Waals surface area contributed by atoms with Crippen molar-refractivity contribution < 1.29 is 9.16 Å². The topological polar surface area (TPSA) is 18.5 Å². The number of benzene rings is 1. The summed E-state index contributed by atoms with van der Waals surface area (Å²) in [5, 5.41) is 1.33. The molecule has 0 saturated heterocycles. The molecule has 0 N–H and O–H groups in total. The van der Waals surface area contributed by atoms with Crippen LogP contribution in [-0.2, 0) is 9.16 Å². The highest BCUT2D eigenvalue weighted by Gasteiger charge is 1.92. The third-order valence-electron chi connectivity index (χ3n) is 1.92. The van der Waals surface area contributed by atoms with Crippen LogP contribution in [0.25, 0.3) is 0 Å². The van der Waals surface area contributed by atoms with Crippen molar-refractivity contribution in [2.45, 2.75) is 19.8 Å². The summed E-state index contributed by atoms with van der Waals surface area (Å²) in [7, 11) is -0.571. The van der Waals surface area contributed by atoms with Crippen LogP contribution < -0.4 is 5.19 Å². The van der Waals surface area contributed by atoms with E-state index in [-0.39, 0.29) is 0 Å². The van der Waals surface area contributed by atoms with Gasteiger partial charge in [-0.2, -0.15) is 0 Å². The van der Waals surface area contributed by atoms with Gasteiger partial charge in [0, 0.05) is 6.61 Å². The highest BCUT2D eigenvalue weighted by molar-refractivity contribution is 6.46. The van der Waals surface area contributed by atoms with Crippen LogP contribution >= 0.6 is 0 Å². The number of unbranched alkanes of at least 4 members (excludes halogenated alkanes) is 1. The van der Waals surface area contributed by atoms with E-state index in [0.29, 0.717) is 6.79 Å². The first-order valence-corrected chi connectivity index (χ1v) is 6.41. The SMILES string of the molecule is CCCCOCO[SiH2]c1ccccc1. The zero-order valence-electron chi connectivity index (χ0n) is 8.74. The monoisotopic (exact) mass is 210 g/mol. The van der Waals surface area contributed by atoms with Crippen LogP contribution in [0.15, 0.2) is 30.3 Å². The molecule has 0 heterocycles. The predicted octanol–water partition coefficient (Wildman–Crippen LogP) is 1.19. The molecule has 14 heavy (non-hydrogen) atoms. The zero-order valence-corrected chi connectivity index (χ0v) is 10.2. The molecule has 0 aliphatic carbocycles. The van der Waals surface area contributed by atoms with Crippen LogP contribution in [0, 0.1) is 0 Å². The number of hydrogen-bond donors (Lipinski definition) is 0. The smallest absolute Gasteiger partial charge is 0.195 e. The molecule has 3 heteroatoms. The maximum atomic E-state index is 5.48. The van der Waals surface area contributed by atoms with Gasteiger partial charge in [-0.3, -0.25) is 0 Å². The summed E-state index contributed by atoms with van der Waals surface area (Å²) in [6.07, 6.45) is 2.30. The largest absolute Gasteiger partial charge is 0.396 e. The van der Waals surface area contributed by atoms with E-state index in [1.54, 1.807) is 0 Å². The third kappa shape index (κ3) is 5.17. The summed E-state index contributed by atoms with van der Waals surface area (Å²) in [5.74, 6) is 0. The molecule has 0 amide bonds. The summed E-state index contributed by atoms with van der Waals surface area (Å²) in [6, 6.07) is 10.3. The van der Waals surface area contributed by atoms with Gasteiger partial charge in [-0.15, -0.1) is 0 Å². The van der Waals surface area contributed by atoms with Gasteiger partial charge in [-0.25, -0.2) is 0 Å². The molecule has 0 fully saturated rings. The standard InChI is InChI=1S/C11H18O2Si/c1-2-3-9-12-10-13-14-11-7-5-4-6-8-11/h4-8H,2-3,9-10,14H2,1H3. The van der Waals surface area contributed by atoms with E-state index in [2.05, 4.69) is 19.1 Å². The van der Waals surface area contributed by atoms with E-state index in [1.165, 1.54) is 11.6 Å². The van der Waals surface area contributed by atoms with E-state index in [4.69, 9.17) is 9.16 Å². The highest BCUT2D eigenvalue weighted by atomic mass is 28.2. The fourth-order valence-electron chi connectivity index (χ4n) is 1.10. The van der Waals surface area contributed by atoms with Crippen molar-refractivity contribution in [2.24, 2.45) is 0 Å². The van der Waals surface area contributed by atoms with Gasteiger partial charge < -0.3 is 9.16 Å². The summed E-state index contributed by atoms with van der Waals surface area (Å²) in [5.41, 5.74) is 0. The zero-order chi connectivity index (χ0) is 10.1. The molecule has 0 unspecified atom stereocenters. The number of rotatable bonds is 7. The normalized spacial score (nSPS) is 11.2. The predicted molar refractivity (Wildman–Crippen MR) is 61.4 cm³/mol. The molecule has 0 spiro atoms. The van der Waals surface area contributed by atoms with Crippen molar-refractivity contribution in [3.63, 3.8) is 0 Å². The van der Waals surface area contributed by atoms with Crippen LogP contribution in [0.5, 0.6) is 0 Å². The minimum absolute atomic E-state index is 0.459. The Morgan fingerprint density at radius 3 is 2.71 bits per heavy atom. The molecule has 0 atom stereocenters. The minimum Gasteiger partial charge on any atom is -0.396 e. The van der Waals surface area contributed by atoms with Crippen LogP contribution in [0.3, 0.4) is 0 Å². The molecule has 0 saturated carbocycles. The second-order valence-corrected chi connectivity index (χ2v) is 4.73. The van der Waals surface area contributed by atoms with Gasteiger partial charge in [0.1, 0.15) is 6.79 Å². The van der Waals surface area contributed by atoms with E-state index >= 15 is 0 Å². The van der Waals surface area contributed by atoms with E-state index in [1.807, 2.05) is 18.2 Å². The Labute approximate surface area is 88.2 Å². The Hall–Kier alpha value is -0.643. The van der Waals surface area contributed by atoms with Crippen molar-refractivity contribution in [3.05, 3.63) is 30.3 Å². The van der Waals surface area contributed by atoms with Gasteiger partial charge in [-0.1, -0.05) is 43.7 Å². The molecular formula is C11H18O2Si. The first-order chi connectivity index (χ1) is 6.93. The van der Waals surface area contributed by atoms with E-state index in [9.17, 15) is 0 Å². The average molecular weight is 210 g/mol. The Kier molecular flexibility index (Phi) is 6.31. The van der Waals surface area contributed by atoms with Crippen molar-refractivity contribution in [3.8, 4) is 0 Å². The molecule has 78 valence electrons. The van der Waals surface area contributed by atoms with E-state index in [0.717, 1.165) is 13.0 Å². The lowest BCUT2D eigenvalue weighted by Crippen LogP contribution is -2.18. The first kappa shape index (κ1) is 11.4. The van der Waals surface area contributed by atoms with Crippen LogP contribution in [-0.4, -0.2) is 23.2 Å². The second-order valence-electron chi connectivity index (χ2n) is 3.21. The Balaban J connectivity index is 1.99. The molecule has 1 rings (SSSR count). The highest BCUT2D eigenvalue weighted by Crippen LogP contribution is 1.88. The maximum Gasteiger partial charge on any atom is 0.195 e. The lowest BCUT2D eigenvalue weighted by molar-refractivity contribution is 0.0170. The van der Waals surface area contributed by atoms with Crippen LogP contribution in [0.1, 0.15) is 19.8 Å². The lowest BCUT2D eigenvalue weighted by atomic mass is 10.4. The Morgan fingerprint density at radius 2 is 2.00 bits per heavy atom. The third-order valence-corrected chi connectivity index (χ3v) is 3.10. The molecule has 0 aromatic heterocycles. The van der Waals surface area contributed by atoms with Gasteiger partial charge in [0.25, 0.3) is 0 Å². The molecule has 2 nitrogen and oxygen atoms in total. The van der Waals surface area contributed by atoms with Gasteiger partial charge >= 0.3 is 0 Å². The van der Waals surface area contributed by atoms with Crippen molar-refractivity contribution in [1.82, 2.24) is 0 Å². The Bertz CT molecular complexity index is 226. The van der Waals surface area contributed by atoms with Gasteiger partial charge in [0.15, 0.2) is 9.76 Å². The molecule has 0 radical (unpaired) electrons. The molecule has 1 aromatic rings. The molecule has 0 aliphatic rings. The van der Waals surface area contributed by atoms with Crippen LogP contribution in [0.4, 0.5) is 0 Å². The molecule has 1 aromatic carbocycles. The summed E-state index contributed by atoms with van der Waals surface area (Å²) in [6.45, 7) is 3.43. The summed E-state index contributed by atoms with van der Waals surface area (Å²) < 4.78 is 10.8. The van der Waals surface area contributed by atoms with Gasteiger partial charge in [0.05, 0.1) is 0 Å². The molecular weight excluding hydrogens is 192 g/mol. The summed E-state index contributed by atoms with van der Waals surface area (Å²) in [4.78, 5) is 0. The second kappa shape index (κ2) is 7.73. The van der Waals surface area contributed by atoms with Gasteiger partial charge in [0.2, 0.25) is 0 Å².